The van der Waals surface area contributed by atoms with Crippen LogP contribution in [-0.4, -0.2) is 11.0 Å². The smallest absolute Gasteiger partial charge is 0.0270 e. The van der Waals surface area contributed by atoms with E-state index in [0.717, 1.165) is 13.0 Å². The highest BCUT2D eigenvalue weighted by Crippen LogP contribution is 2.23. The summed E-state index contributed by atoms with van der Waals surface area (Å²) in [6.07, 6.45) is 4.76. The van der Waals surface area contributed by atoms with E-state index < -0.39 is 0 Å². The van der Waals surface area contributed by atoms with E-state index in [1.165, 1.54) is 11.1 Å². The Morgan fingerprint density at radius 2 is 1.60 bits per heavy atom. The van der Waals surface area contributed by atoms with Gasteiger partial charge in [-0.3, -0.25) is 4.98 Å². The van der Waals surface area contributed by atoms with Gasteiger partial charge in [-0.25, -0.2) is 0 Å². The van der Waals surface area contributed by atoms with Gasteiger partial charge in [-0.1, -0.05) is 51.1 Å². The molecule has 0 spiro atoms. The first kappa shape index (κ1) is 14.7. The lowest BCUT2D eigenvalue weighted by Gasteiger charge is -2.32. The molecule has 2 nitrogen and oxygen atoms in total. The van der Waals surface area contributed by atoms with Crippen LogP contribution in [0.15, 0.2) is 54.9 Å². The van der Waals surface area contributed by atoms with Crippen molar-refractivity contribution in [1.82, 2.24) is 10.3 Å². The van der Waals surface area contributed by atoms with Crippen LogP contribution in [0.1, 0.15) is 31.9 Å². The zero-order valence-corrected chi connectivity index (χ0v) is 12.6. The second-order valence-corrected chi connectivity index (χ2v) is 6.34. The molecule has 0 bridgehead atoms. The van der Waals surface area contributed by atoms with Crippen LogP contribution >= 0.6 is 0 Å². The predicted octanol–water partition coefficient (Wildman–Crippen LogP) is 3.83. The van der Waals surface area contributed by atoms with E-state index in [1.807, 2.05) is 12.4 Å². The maximum absolute atomic E-state index is 4.09. The molecule has 0 radical (unpaired) electrons. The van der Waals surface area contributed by atoms with Crippen LogP contribution in [0.3, 0.4) is 0 Å². The molecule has 1 aromatic carbocycles. The van der Waals surface area contributed by atoms with Gasteiger partial charge in [-0.05, 0) is 35.1 Å². The molecular weight excluding hydrogens is 244 g/mol. The van der Waals surface area contributed by atoms with Gasteiger partial charge in [0.05, 0.1) is 0 Å². The quantitative estimate of drug-likeness (QED) is 0.891. The Labute approximate surface area is 122 Å². The highest BCUT2D eigenvalue weighted by Gasteiger charge is 2.24. The molecule has 0 aliphatic heterocycles. The summed E-state index contributed by atoms with van der Waals surface area (Å²) in [6.45, 7) is 7.78. The number of aromatic nitrogens is 1. The molecule has 0 aliphatic carbocycles. The van der Waals surface area contributed by atoms with Crippen LogP contribution in [0.25, 0.3) is 0 Å². The molecule has 1 heterocycles. The SMILES string of the molecule is CC(C)(C)C(Cc1ccncc1)NCc1ccccc1. The van der Waals surface area contributed by atoms with Gasteiger partial charge in [0.1, 0.15) is 0 Å². The number of rotatable bonds is 5. The standard InChI is InChI=1S/C18H24N2/c1-18(2,3)17(13-15-9-11-19-12-10-15)20-14-16-7-5-4-6-8-16/h4-12,17,20H,13-14H2,1-3H3. The second-order valence-electron chi connectivity index (χ2n) is 6.34. The molecule has 2 aromatic rings. The van der Waals surface area contributed by atoms with Crippen LogP contribution in [0, 0.1) is 5.41 Å². The highest BCUT2D eigenvalue weighted by molar-refractivity contribution is 5.16. The lowest BCUT2D eigenvalue weighted by atomic mass is 9.83. The van der Waals surface area contributed by atoms with Gasteiger partial charge in [-0.15, -0.1) is 0 Å². The minimum Gasteiger partial charge on any atom is -0.309 e. The first-order chi connectivity index (χ1) is 9.55. The van der Waals surface area contributed by atoms with Gasteiger partial charge in [0.25, 0.3) is 0 Å². The first-order valence-electron chi connectivity index (χ1n) is 7.22. The second kappa shape index (κ2) is 6.67. The molecule has 20 heavy (non-hydrogen) atoms. The molecule has 0 saturated heterocycles. The third-order valence-electron chi connectivity index (χ3n) is 3.63. The number of hydrogen-bond acceptors (Lipinski definition) is 2. The number of hydrogen-bond donors (Lipinski definition) is 1. The Kier molecular flexibility index (Phi) is 4.91. The fraction of sp³-hybridized carbons (Fsp3) is 0.389. The van der Waals surface area contributed by atoms with E-state index in [2.05, 4.69) is 73.5 Å². The van der Waals surface area contributed by atoms with Crippen LogP contribution in [0.2, 0.25) is 0 Å². The Bertz CT molecular complexity index is 500. The Balaban J connectivity index is 2.01. The molecule has 1 unspecified atom stereocenters. The number of benzene rings is 1. The van der Waals surface area contributed by atoms with Crippen LogP contribution < -0.4 is 5.32 Å². The van der Waals surface area contributed by atoms with Crippen molar-refractivity contribution in [3.05, 3.63) is 66.0 Å². The third-order valence-corrected chi connectivity index (χ3v) is 3.63. The molecule has 0 aliphatic rings. The number of nitrogens with one attached hydrogen (secondary N) is 1. The van der Waals surface area contributed by atoms with Crippen LogP contribution in [0.5, 0.6) is 0 Å². The van der Waals surface area contributed by atoms with Crippen molar-refractivity contribution < 1.29 is 0 Å². The van der Waals surface area contributed by atoms with Gasteiger partial charge in [-0.2, -0.15) is 0 Å². The highest BCUT2D eigenvalue weighted by atomic mass is 14.9. The van der Waals surface area contributed by atoms with Gasteiger partial charge < -0.3 is 5.32 Å². The molecule has 2 rings (SSSR count). The average Bonchev–Trinajstić information content (AvgIpc) is 2.44. The van der Waals surface area contributed by atoms with Crippen molar-refractivity contribution >= 4 is 0 Å². The zero-order valence-electron chi connectivity index (χ0n) is 12.6. The molecule has 0 fully saturated rings. The van der Waals surface area contributed by atoms with E-state index in [1.54, 1.807) is 0 Å². The lowest BCUT2D eigenvalue weighted by Crippen LogP contribution is -2.41. The molecule has 1 atom stereocenters. The van der Waals surface area contributed by atoms with Gasteiger partial charge in [0.15, 0.2) is 0 Å². The molecule has 0 amide bonds. The molecule has 1 aromatic heterocycles. The van der Waals surface area contributed by atoms with Crippen molar-refractivity contribution in [2.24, 2.45) is 5.41 Å². The summed E-state index contributed by atoms with van der Waals surface area (Å²) in [5, 5.41) is 3.70. The van der Waals surface area contributed by atoms with Gasteiger partial charge in [0, 0.05) is 25.0 Å². The summed E-state index contributed by atoms with van der Waals surface area (Å²) >= 11 is 0. The maximum atomic E-state index is 4.09. The topological polar surface area (TPSA) is 24.9 Å². The summed E-state index contributed by atoms with van der Waals surface area (Å²) in [6, 6.07) is 15.2. The van der Waals surface area contributed by atoms with E-state index in [4.69, 9.17) is 0 Å². The summed E-state index contributed by atoms with van der Waals surface area (Å²) < 4.78 is 0. The maximum Gasteiger partial charge on any atom is 0.0270 e. The first-order valence-corrected chi connectivity index (χ1v) is 7.22. The predicted molar refractivity (Wildman–Crippen MR) is 84.5 cm³/mol. The fourth-order valence-corrected chi connectivity index (χ4v) is 2.28. The van der Waals surface area contributed by atoms with E-state index in [0.29, 0.717) is 6.04 Å². The largest absolute Gasteiger partial charge is 0.309 e. The Hall–Kier alpha value is -1.67. The van der Waals surface area contributed by atoms with Crippen molar-refractivity contribution in [3.63, 3.8) is 0 Å². The summed E-state index contributed by atoms with van der Waals surface area (Å²) in [4.78, 5) is 4.09. The van der Waals surface area contributed by atoms with Crippen molar-refractivity contribution in [2.45, 2.75) is 39.8 Å². The summed E-state index contributed by atoms with van der Waals surface area (Å²) in [7, 11) is 0. The molecular formula is C18H24N2. The normalized spacial score (nSPS) is 13.2. The summed E-state index contributed by atoms with van der Waals surface area (Å²) in [5.41, 5.74) is 2.88. The van der Waals surface area contributed by atoms with E-state index >= 15 is 0 Å². The molecule has 1 N–H and O–H groups in total. The van der Waals surface area contributed by atoms with E-state index in [-0.39, 0.29) is 5.41 Å². The average molecular weight is 268 g/mol. The Morgan fingerprint density at radius 3 is 2.20 bits per heavy atom. The Morgan fingerprint density at radius 1 is 0.950 bits per heavy atom. The summed E-state index contributed by atoms with van der Waals surface area (Å²) in [5.74, 6) is 0. The molecule has 0 saturated carbocycles. The van der Waals surface area contributed by atoms with Gasteiger partial charge in [0.2, 0.25) is 0 Å². The van der Waals surface area contributed by atoms with Gasteiger partial charge >= 0.3 is 0 Å². The number of nitrogens with zero attached hydrogens (tertiary/aromatic N) is 1. The van der Waals surface area contributed by atoms with E-state index in [9.17, 15) is 0 Å². The fourth-order valence-electron chi connectivity index (χ4n) is 2.28. The van der Waals surface area contributed by atoms with Crippen LogP contribution in [0.4, 0.5) is 0 Å². The molecule has 106 valence electrons. The van der Waals surface area contributed by atoms with Crippen molar-refractivity contribution in [1.29, 1.82) is 0 Å². The molecule has 2 heteroatoms. The van der Waals surface area contributed by atoms with Crippen LogP contribution in [-0.2, 0) is 13.0 Å². The lowest BCUT2D eigenvalue weighted by molar-refractivity contribution is 0.264. The minimum absolute atomic E-state index is 0.220. The number of pyridine rings is 1. The van der Waals surface area contributed by atoms with Crippen molar-refractivity contribution in [3.8, 4) is 0 Å². The van der Waals surface area contributed by atoms with Crippen molar-refractivity contribution in [2.75, 3.05) is 0 Å². The monoisotopic (exact) mass is 268 g/mol. The zero-order chi connectivity index (χ0) is 14.4. The third kappa shape index (κ3) is 4.46. The minimum atomic E-state index is 0.220.